The van der Waals surface area contributed by atoms with E-state index in [1.165, 1.54) is 12.0 Å². The molecule has 2 fully saturated rings. The topological polar surface area (TPSA) is 66.9 Å². The summed E-state index contributed by atoms with van der Waals surface area (Å²) in [6, 6.07) is 0.170. The van der Waals surface area contributed by atoms with Gasteiger partial charge in [-0.3, -0.25) is 24.2 Å². The fraction of sp³-hybridized carbons (Fsp3) is 0.786. The molecule has 20 heavy (non-hydrogen) atoms. The highest BCUT2D eigenvalue weighted by atomic mass is 16.5. The number of hydrogen-bond acceptors (Lipinski definition) is 5. The number of imide groups is 1. The van der Waals surface area contributed by atoms with Crippen LogP contribution in [0.5, 0.6) is 0 Å². The highest BCUT2D eigenvalue weighted by Gasteiger charge is 2.31. The van der Waals surface area contributed by atoms with Gasteiger partial charge in [-0.25, -0.2) is 0 Å². The van der Waals surface area contributed by atoms with Crippen molar-refractivity contribution >= 4 is 17.8 Å². The summed E-state index contributed by atoms with van der Waals surface area (Å²) in [5.41, 5.74) is 0. The standard InChI is InChI=1S/C14H22N2O4/c1-20-14(19)10-11-4-2-3-7-15(11)8-9-16-12(17)5-6-13(16)18/h11H,2-10H2,1H3. The van der Waals surface area contributed by atoms with Gasteiger partial charge in [-0.1, -0.05) is 6.42 Å². The molecule has 0 radical (unpaired) electrons. The van der Waals surface area contributed by atoms with E-state index in [0.29, 0.717) is 32.4 Å². The van der Waals surface area contributed by atoms with Crippen molar-refractivity contribution in [3.8, 4) is 0 Å². The first-order valence-corrected chi connectivity index (χ1v) is 7.26. The van der Waals surface area contributed by atoms with Gasteiger partial charge < -0.3 is 4.74 Å². The van der Waals surface area contributed by atoms with E-state index < -0.39 is 0 Å². The van der Waals surface area contributed by atoms with E-state index in [1.807, 2.05) is 0 Å². The molecule has 0 spiro atoms. The lowest BCUT2D eigenvalue weighted by atomic mass is 9.99. The van der Waals surface area contributed by atoms with Crippen LogP contribution in [0.3, 0.4) is 0 Å². The molecule has 2 rings (SSSR count). The number of carbonyl (C=O) groups is 3. The first kappa shape index (κ1) is 15.0. The number of likely N-dealkylation sites (tertiary alicyclic amines) is 2. The van der Waals surface area contributed by atoms with Gasteiger partial charge in [0.15, 0.2) is 0 Å². The third-order valence-corrected chi connectivity index (χ3v) is 4.14. The fourth-order valence-corrected chi connectivity index (χ4v) is 2.96. The second-order valence-electron chi connectivity index (χ2n) is 5.40. The monoisotopic (exact) mass is 282 g/mol. The van der Waals surface area contributed by atoms with Crippen molar-refractivity contribution in [3.05, 3.63) is 0 Å². The number of methoxy groups -OCH3 is 1. The van der Waals surface area contributed by atoms with Gasteiger partial charge in [0, 0.05) is 32.0 Å². The number of ether oxygens (including phenoxy) is 1. The van der Waals surface area contributed by atoms with Crippen LogP contribution in [0.15, 0.2) is 0 Å². The first-order valence-electron chi connectivity index (χ1n) is 7.26. The number of nitrogens with zero attached hydrogens (tertiary/aromatic N) is 2. The number of amides is 2. The van der Waals surface area contributed by atoms with Crippen molar-refractivity contribution < 1.29 is 19.1 Å². The maximum absolute atomic E-state index is 11.6. The molecule has 0 aliphatic carbocycles. The molecule has 2 aliphatic rings. The van der Waals surface area contributed by atoms with Gasteiger partial charge in [0.1, 0.15) is 0 Å². The summed E-state index contributed by atoms with van der Waals surface area (Å²) in [5.74, 6) is -0.344. The van der Waals surface area contributed by atoms with Crippen LogP contribution >= 0.6 is 0 Å². The third-order valence-electron chi connectivity index (χ3n) is 4.14. The second kappa shape index (κ2) is 6.83. The van der Waals surface area contributed by atoms with Crippen molar-refractivity contribution in [2.45, 2.75) is 44.6 Å². The number of piperidine rings is 1. The van der Waals surface area contributed by atoms with E-state index in [-0.39, 0.29) is 23.8 Å². The normalized spacial score (nSPS) is 24.2. The Morgan fingerprint density at radius 3 is 2.55 bits per heavy atom. The number of esters is 1. The van der Waals surface area contributed by atoms with Gasteiger partial charge in [-0.15, -0.1) is 0 Å². The smallest absolute Gasteiger partial charge is 0.307 e. The Kier molecular flexibility index (Phi) is 5.11. The third kappa shape index (κ3) is 3.56. The maximum Gasteiger partial charge on any atom is 0.307 e. The summed E-state index contributed by atoms with van der Waals surface area (Å²) < 4.78 is 4.73. The fourth-order valence-electron chi connectivity index (χ4n) is 2.96. The van der Waals surface area contributed by atoms with E-state index in [9.17, 15) is 14.4 Å². The van der Waals surface area contributed by atoms with Gasteiger partial charge in [0.2, 0.25) is 11.8 Å². The molecule has 2 amide bonds. The maximum atomic E-state index is 11.6. The molecule has 0 aromatic heterocycles. The predicted molar refractivity (Wildman–Crippen MR) is 71.8 cm³/mol. The summed E-state index contributed by atoms with van der Waals surface area (Å²) in [5, 5.41) is 0. The molecule has 0 aromatic carbocycles. The van der Waals surface area contributed by atoms with Crippen molar-refractivity contribution in [1.29, 1.82) is 0 Å². The molecule has 2 saturated heterocycles. The Morgan fingerprint density at radius 2 is 1.90 bits per heavy atom. The van der Waals surface area contributed by atoms with Crippen molar-refractivity contribution in [2.75, 3.05) is 26.7 Å². The zero-order valence-electron chi connectivity index (χ0n) is 12.0. The minimum absolute atomic E-state index is 0.0727. The molecule has 6 heteroatoms. The molecule has 0 N–H and O–H groups in total. The average molecular weight is 282 g/mol. The quantitative estimate of drug-likeness (QED) is 0.544. The number of hydrogen-bond donors (Lipinski definition) is 0. The molecular formula is C14H22N2O4. The predicted octanol–water partition coefficient (Wildman–Crippen LogP) is 0.553. The van der Waals surface area contributed by atoms with E-state index in [4.69, 9.17) is 4.74 Å². The van der Waals surface area contributed by atoms with Crippen LogP contribution in [0.25, 0.3) is 0 Å². The highest BCUT2D eigenvalue weighted by Crippen LogP contribution is 2.20. The Bertz CT molecular complexity index is 381. The molecule has 2 aliphatic heterocycles. The van der Waals surface area contributed by atoms with Crippen LogP contribution in [0.2, 0.25) is 0 Å². The molecule has 1 atom stereocenters. The van der Waals surface area contributed by atoms with E-state index in [2.05, 4.69) is 4.90 Å². The summed E-state index contributed by atoms with van der Waals surface area (Å²) in [6.45, 7) is 2.01. The average Bonchev–Trinajstić information content (AvgIpc) is 2.77. The highest BCUT2D eigenvalue weighted by molar-refractivity contribution is 6.01. The van der Waals surface area contributed by atoms with Crippen LogP contribution < -0.4 is 0 Å². The van der Waals surface area contributed by atoms with Crippen LogP contribution in [0.4, 0.5) is 0 Å². The van der Waals surface area contributed by atoms with Crippen molar-refractivity contribution in [2.24, 2.45) is 0 Å². The number of rotatable bonds is 5. The van der Waals surface area contributed by atoms with E-state index >= 15 is 0 Å². The summed E-state index contributed by atoms with van der Waals surface area (Å²) >= 11 is 0. The zero-order valence-corrected chi connectivity index (χ0v) is 12.0. The molecule has 112 valence electrons. The van der Waals surface area contributed by atoms with Crippen molar-refractivity contribution in [1.82, 2.24) is 9.80 Å². The molecular weight excluding hydrogens is 260 g/mol. The van der Waals surface area contributed by atoms with E-state index in [1.54, 1.807) is 0 Å². The van der Waals surface area contributed by atoms with Crippen LogP contribution in [0.1, 0.15) is 38.5 Å². The van der Waals surface area contributed by atoms with Crippen LogP contribution in [-0.4, -0.2) is 60.4 Å². The minimum Gasteiger partial charge on any atom is -0.469 e. The molecule has 2 heterocycles. The lowest BCUT2D eigenvalue weighted by molar-refractivity contribution is -0.143. The largest absolute Gasteiger partial charge is 0.469 e. The SMILES string of the molecule is COC(=O)CC1CCCCN1CCN1C(=O)CCC1=O. The molecule has 0 aromatic rings. The van der Waals surface area contributed by atoms with Gasteiger partial charge in [0.25, 0.3) is 0 Å². The van der Waals surface area contributed by atoms with Gasteiger partial charge in [0.05, 0.1) is 13.5 Å². The van der Waals surface area contributed by atoms with Gasteiger partial charge in [-0.05, 0) is 19.4 Å². The summed E-state index contributed by atoms with van der Waals surface area (Å²) in [4.78, 5) is 38.1. The second-order valence-corrected chi connectivity index (χ2v) is 5.40. The Hall–Kier alpha value is -1.43. The van der Waals surface area contributed by atoms with Gasteiger partial charge in [-0.2, -0.15) is 0 Å². The van der Waals surface area contributed by atoms with Crippen LogP contribution in [-0.2, 0) is 19.1 Å². The summed E-state index contributed by atoms with van der Waals surface area (Å²) in [6.07, 6.45) is 4.24. The Balaban J connectivity index is 1.87. The number of carbonyl (C=O) groups excluding carboxylic acids is 3. The Labute approximate surface area is 119 Å². The molecule has 0 saturated carbocycles. The Morgan fingerprint density at radius 1 is 1.20 bits per heavy atom. The summed E-state index contributed by atoms with van der Waals surface area (Å²) in [7, 11) is 1.40. The molecule has 6 nitrogen and oxygen atoms in total. The lowest BCUT2D eigenvalue weighted by Gasteiger charge is -2.35. The molecule has 0 bridgehead atoms. The first-order chi connectivity index (χ1) is 9.61. The minimum atomic E-state index is -0.199. The van der Waals surface area contributed by atoms with Crippen molar-refractivity contribution in [3.63, 3.8) is 0 Å². The zero-order chi connectivity index (χ0) is 14.5. The van der Waals surface area contributed by atoms with Gasteiger partial charge >= 0.3 is 5.97 Å². The lowest BCUT2D eigenvalue weighted by Crippen LogP contribution is -2.45. The molecule has 1 unspecified atom stereocenters. The van der Waals surface area contributed by atoms with E-state index in [0.717, 1.165) is 25.8 Å². The van der Waals surface area contributed by atoms with Crippen LogP contribution in [0, 0.1) is 0 Å².